The summed E-state index contributed by atoms with van der Waals surface area (Å²) in [7, 11) is -6.00. The second-order valence-corrected chi connectivity index (χ2v) is 8.77. The Hall–Kier alpha value is -0.476. The first-order valence-corrected chi connectivity index (χ1v) is 9.26. The van der Waals surface area contributed by atoms with E-state index in [0.29, 0.717) is 0 Å². The van der Waals surface area contributed by atoms with Crippen LogP contribution in [-0.2, 0) is 0 Å². The molecule has 0 nitrogen and oxygen atoms in total. The molecular formula is C12H19BF4Se. The zero-order valence-electron chi connectivity index (χ0n) is 10.7. The smallest absolute Gasteiger partial charge is 0.418 e. The molecule has 0 fully saturated rings. The quantitative estimate of drug-likeness (QED) is 0.551. The van der Waals surface area contributed by atoms with Crippen molar-refractivity contribution in [3.63, 3.8) is 0 Å². The first-order valence-electron chi connectivity index (χ1n) is 5.98. The molecule has 0 N–H and O–H groups in total. The summed E-state index contributed by atoms with van der Waals surface area (Å²) in [4.78, 5) is 0. The molecule has 6 heteroatoms. The van der Waals surface area contributed by atoms with Crippen LogP contribution in [0.5, 0.6) is 0 Å². The zero-order valence-corrected chi connectivity index (χ0v) is 12.4. The van der Waals surface area contributed by atoms with E-state index in [0.717, 1.165) is 0 Å². The van der Waals surface area contributed by atoms with Crippen LogP contribution < -0.4 is 4.46 Å². The summed E-state index contributed by atoms with van der Waals surface area (Å²) >= 11 is -0.452. The number of halogens is 4. The van der Waals surface area contributed by atoms with Crippen molar-refractivity contribution in [3.8, 4) is 0 Å². The third-order valence-electron chi connectivity index (χ3n) is 2.17. The summed E-state index contributed by atoms with van der Waals surface area (Å²) in [5, 5.41) is 2.86. The van der Waals surface area contributed by atoms with Crippen LogP contribution in [0, 0.1) is 0 Å². The minimum absolute atomic E-state index is 0.452. The molecule has 0 radical (unpaired) electrons. The Labute approximate surface area is 111 Å². The van der Waals surface area contributed by atoms with E-state index in [2.05, 4.69) is 44.2 Å². The first-order chi connectivity index (χ1) is 8.38. The summed E-state index contributed by atoms with van der Waals surface area (Å²) in [6, 6.07) is 11.1. The summed E-state index contributed by atoms with van der Waals surface area (Å²) in [6.45, 7) is 4.62. The molecule has 0 saturated carbocycles. The molecule has 0 heterocycles. The van der Waals surface area contributed by atoms with Gasteiger partial charge in [0.1, 0.15) is 0 Å². The second kappa shape index (κ2) is 9.45. The average molecular weight is 329 g/mol. The Balaban J connectivity index is 0.000000494. The van der Waals surface area contributed by atoms with E-state index >= 15 is 0 Å². The van der Waals surface area contributed by atoms with Gasteiger partial charge in [0.15, 0.2) is 0 Å². The van der Waals surface area contributed by atoms with Crippen LogP contribution in [0.25, 0.3) is 0 Å². The van der Waals surface area contributed by atoms with Gasteiger partial charge in [0.25, 0.3) is 0 Å². The minimum atomic E-state index is -6.00. The van der Waals surface area contributed by atoms with E-state index in [9.17, 15) is 17.3 Å². The Morgan fingerprint density at radius 3 is 1.89 bits per heavy atom. The predicted molar refractivity (Wildman–Crippen MR) is 72.2 cm³/mol. The fourth-order valence-corrected chi connectivity index (χ4v) is 5.63. The van der Waals surface area contributed by atoms with Crippen molar-refractivity contribution in [2.24, 2.45) is 0 Å². The molecule has 0 aromatic heterocycles. The van der Waals surface area contributed by atoms with Gasteiger partial charge in [-0.1, -0.05) is 0 Å². The van der Waals surface area contributed by atoms with E-state index in [-0.39, 0.29) is 0 Å². The summed E-state index contributed by atoms with van der Waals surface area (Å²) in [6.07, 6.45) is 2.75. The molecule has 0 aliphatic rings. The molecule has 0 spiro atoms. The van der Waals surface area contributed by atoms with E-state index in [1.807, 2.05) is 0 Å². The van der Waals surface area contributed by atoms with Crippen LogP contribution in [0.2, 0.25) is 10.6 Å². The molecular weight excluding hydrogens is 310 g/mol. The molecule has 0 bridgehead atoms. The van der Waals surface area contributed by atoms with Crippen molar-refractivity contribution in [2.45, 2.75) is 37.3 Å². The second-order valence-electron chi connectivity index (χ2n) is 3.65. The molecule has 0 aliphatic carbocycles. The Kier molecular flexibility index (Phi) is 9.20. The molecule has 1 unspecified atom stereocenters. The summed E-state index contributed by atoms with van der Waals surface area (Å²) < 4.78 is 40.6. The largest absolute Gasteiger partial charge is 0.673 e. The number of unbranched alkanes of at least 4 members (excludes halogenated alkanes) is 1. The molecule has 0 amide bonds. The van der Waals surface area contributed by atoms with Crippen LogP contribution in [0.4, 0.5) is 17.3 Å². The maximum absolute atomic E-state index is 9.75. The zero-order chi connectivity index (χ0) is 14.0. The maximum atomic E-state index is 9.75. The van der Waals surface area contributed by atoms with Crippen LogP contribution >= 0.6 is 0 Å². The topological polar surface area (TPSA) is 0 Å². The van der Waals surface area contributed by atoms with Gasteiger partial charge in [-0.3, -0.25) is 0 Å². The Bertz CT molecular complexity index is 297. The molecule has 0 saturated heterocycles. The molecule has 1 rings (SSSR count). The number of rotatable bonds is 5. The van der Waals surface area contributed by atoms with Gasteiger partial charge in [-0.2, -0.15) is 0 Å². The minimum Gasteiger partial charge on any atom is -0.418 e. The van der Waals surface area contributed by atoms with Gasteiger partial charge in [-0.05, 0) is 0 Å². The standard InChI is InChI=1S/C12H19Se.BF4/c1-3-5-11-13(4-2)12-9-7-6-8-10-12;2-1(3,4)5/h6-10H,3-5,11H2,1-2H3;/q+1;-1. The summed E-state index contributed by atoms with van der Waals surface area (Å²) in [5.74, 6) is 0. The Morgan fingerprint density at radius 1 is 1.00 bits per heavy atom. The van der Waals surface area contributed by atoms with Gasteiger partial charge in [0.05, 0.1) is 0 Å². The van der Waals surface area contributed by atoms with Crippen molar-refractivity contribution in [3.05, 3.63) is 30.3 Å². The predicted octanol–water partition coefficient (Wildman–Crippen LogP) is 4.51. The van der Waals surface area contributed by atoms with Crippen LogP contribution in [0.1, 0.15) is 26.7 Å². The molecule has 104 valence electrons. The van der Waals surface area contributed by atoms with Crippen molar-refractivity contribution in [2.75, 3.05) is 0 Å². The Morgan fingerprint density at radius 2 is 1.50 bits per heavy atom. The van der Waals surface area contributed by atoms with E-state index in [4.69, 9.17) is 0 Å². The van der Waals surface area contributed by atoms with Gasteiger partial charge in [0, 0.05) is 0 Å². The summed E-state index contributed by atoms with van der Waals surface area (Å²) in [5.41, 5.74) is 0. The van der Waals surface area contributed by atoms with Gasteiger partial charge >= 0.3 is 93.3 Å². The third-order valence-corrected chi connectivity index (χ3v) is 7.24. The third kappa shape index (κ3) is 10.7. The fraction of sp³-hybridized carbons (Fsp3) is 0.500. The molecule has 1 aromatic rings. The molecule has 1 atom stereocenters. The number of hydrogen-bond donors (Lipinski definition) is 0. The van der Waals surface area contributed by atoms with E-state index in [1.54, 1.807) is 4.46 Å². The molecule has 0 aliphatic heterocycles. The van der Waals surface area contributed by atoms with Gasteiger partial charge in [0.2, 0.25) is 0 Å². The molecule has 18 heavy (non-hydrogen) atoms. The number of hydrogen-bond acceptors (Lipinski definition) is 0. The SMILES string of the molecule is CCCC[Se+](CC)c1ccccc1.F[B-](F)(F)F. The van der Waals surface area contributed by atoms with E-state index < -0.39 is 21.2 Å². The first kappa shape index (κ1) is 17.5. The van der Waals surface area contributed by atoms with Crippen molar-refractivity contribution in [1.82, 2.24) is 0 Å². The number of benzene rings is 1. The van der Waals surface area contributed by atoms with Crippen LogP contribution in [-0.4, -0.2) is 21.2 Å². The van der Waals surface area contributed by atoms with Crippen molar-refractivity contribution < 1.29 is 17.3 Å². The maximum Gasteiger partial charge on any atom is 0.673 e. The van der Waals surface area contributed by atoms with Crippen LogP contribution in [0.3, 0.4) is 0 Å². The normalized spacial score (nSPS) is 12.6. The fourth-order valence-electron chi connectivity index (χ4n) is 1.36. The van der Waals surface area contributed by atoms with E-state index in [1.165, 1.54) is 23.5 Å². The monoisotopic (exact) mass is 330 g/mol. The van der Waals surface area contributed by atoms with Gasteiger partial charge in [-0.15, -0.1) is 0 Å². The average Bonchev–Trinajstić information content (AvgIpc) is 2.29. The van der Waals surface area contributed by atoms with Crippen LogP contribution in [0.15, 0.2) is 30.3 Å². The van der Waals surface area contributed by atoms with Crippen molar-refractivity contribution >= 4 is 25.6 Å². The van der Waals surface area contributed by atoms with Crippen molar-refractivity contribution in [1.29, 1.82) is 0 Å². The molecule has 1 aromatic carbocycles. The van der Waals surface area contributed by atoms with Gasteiger partial charge in [-0.25, -0.2) is 0 Å². The van der Waals surface area contributed by atoms with Gasteiger partial charge < -0.3 is 17.3 Å².